The number of nitrogens with zero attached hydrogens (tertiary/aromatic N) is 6. The largest absolute Gasteiger partial charge is 0.449 e. The van der Waals surface area contributed by atoms with Gasteiger partial charge in [0.2, 0.25) is 0 Å². The third kappa shape index (κ3) is 4.83. The van der Waals surface area contributed by atoms with Crippen molar-refractivity contribution in [2.24, 2.45) is 7.05 Å². The van der Waals surface area contributed by atoms with E-state index < -0.39 is 5.60 Å². The van der Waals surface area contributed by atoms with E-state index in [-0.39, 0.29) is 18.0 Å². The Hall–Kier alpha value is -3.56. The fourth-order valence-electron chi connectivity index (χ4n) is 5.32. The van der Waals surface area contributed by atoms with Crippen molar-refractivity contribution in [3.63, 3.8) is 0 Å². The molecule has 200 valence electrons. The van der Waals surface area contributed by atoms with Gasteiger partial charge >= 0.3 is 0 Å². The van der Waals surface area contributed by atoms with Gasteiger partial charge in [0.25, 0.3) is 5.91 Å². The van der Waals surface area contributed by atoms with Crippen molar-refractivity contribution < 1.29 is 14.3 Å². The minimum atomic E-state index is -1.15. The molecule has 1 N–H and O–H groups in total. The van der Waals surface area contributed by atoms with E-state index in [1.165, 1.54) is 0 Å². The van der Waals surface area contributed by atoms with Crippen LogP contribution < -0.4 is 0 Å². The van der Waals surface area contributed by atoms with E-state index in [1.54, 1.807) is 26.3 Å². The Morgan fingerprint density at radius 1 is 1.16 bits per heavy atom. The van der Waals surface area contributed by atoms with Gasteiger partial charge in [0.05, 0.1) is 11.4 Å². The number of piperazine rings is 1. The molecule has 5 rings (SSSR count). The number of aliphatic hydroxyl groups is 1. The molecule has 0 aliphatic carbocycles. The molecule has 0 bridgehead atoms. The molecule has 0 radical (unpaired) electrons. The van der Waals surface area contributed by atoms with Crippen molar-refractivity contribution in [2.75, 3.05) is 13.1 Å². The van der Waals surface area contributed by atoms with Gasteiger partial charge in [-0.05, 0) is 58.4 Å². The summed E-state index contributed by atoms with van der Waals surface area (Å²) in [7, 11) is 1.99. The van der Waals surface area contributed by atoms with Crippen LogP contribution in [0.1, 0.15) is 61.0 Å². The van der Waals surface area contributed by atoms with Gasteiger partial charge in [-0.15, -0.1) is 0 Å². The van der Waals surface area contributed by atoms with Crippen molar-refractivity contribution in [3.05, 3.63) is 65.4 Å². The number of oxazole rings is 1. The Bertz CT molecular complexity index is 1500. The summed E-state index contributed by atoms with van der Waals surface area (Å²) in [6, 6.07) is 6.14. The van der Waals surface area contributed by atoms with Crippen LogP contribution in [0, 0.1) is 13.8 Å². The van der Waals surface area contributed by atoms with E-state index in [9.17, 15) is 9.90 Å². The fraction of sp³-hybridized carbons (Fsp3) is 0.448. The van der Waals surface area contributed by atoms with Crippen LogP contribution in [-0.2, 0) is 19.2 Å². The van der Waals surface area contributed by atoms with Crippen molar-refractivity contribution in [2.45, 2.75) is 65.8 Å². The number of aryl methyl sites for hydroxylation is 3. The van der Waals surface area contributed by atoms with Crippen LogP contribution in [0.25, 0.3) is 22.2 Å². The molecular weight excluding hydrogens is 480 g/mol. The summed E-state index contributed by atoms with van der Waals surface area (Å²) in [5.74, 6) is 1.06. The first-order valence-electron chi connectivity index (χ1n) is 13.0. The average Bonchev–Trinajstić information content (AvgIpc) is 3.42. The molecule has 1 amide bonds. The van der Waals surface area contributed by atoms with Crippen molar-refractivity contribution in [1.82, 2.24) is 29.3 Å². The zero-order valence-electron chi connectivity index (χ0n) is 23.2. The highest BCUT2D eigenvalue weighted by molar-refractivity contribution is 6.04. The summed E-state index contributed by atoms with van der Waals surface area (Å²) in [6.07, 6.45) is 5.39. The van der Waals surface area contributed by atoms with Crippen LogP contribution in [0.2, 0.25) is 0 Å². The first-order chi connectivity index (χ1) is 17.9. The highest BCUT2D eigenvalue weighted by atomic mass is 16.3. The number of carbonyl (C=O) groups excluding carboxylic acids is 1. The highest BCUT2D eigenvalue weighted by Gasteiger charge is 2.33. The number of fused-ring (bicyclic) bond motifs is 1. The van der Waals surface area contributed by atoms with E-state index in [1.807, 2.05) is 48.7 Å². The number of hydrogen-bond donors (Lipinski definition) is 1. The Balaban J connectivity index is 1.46. The van der Waals surface area contributed by atoms with Crippen LogP contribution >= 0.6 is 0 Å². The molecule has 0 spiro atoms. The van der Waals surface area contributed by atoms with E-state index in [2.05, 4.69) is 39.8 Å². The number of carbonyl (C=O) groups is 1. The maximum absolute atomic E-state index is 13.9. The summed E-state index contributed by atoms with van der Waals surface area (Å²) in [4.78, 5) is 31.6. The van der Waals surface area contributed by atoms with Crippen LogP contribution in [-0.4, -0.2) is 65.5 Å². The standard InChI is InChI=1S/C29H36N6O3/c1-17-10-26-23(24(15-33(26)7)25-8-9-30-28(32-25)29(5,6)37)11-22(17)27(36)35-13-18(2)34(12-19(35)3)14-21-16-38-20(4)31-21/h8-11,15-16,18-19,37H,12-14H2,1-7H3/t18-,19+/m0/s1. The SMILES string of the molecule is Cc1nc(CN2C[C@@H](C)N(C(=O)c3cc4c(-c5ccnc(C(C)(C)O)n5)cn(C)c4cc3C)C[C@@H]2C)co1. The van der Waals surface area contributed by atoms with E-state index in [0.717, 1.165) is 34.3 Å². The van der Waals surface area contributed by atoms with Gasteiger partial charge in [0, 0.05) is 80.1 Å². The molecule has 38 heavy (non-hydrogen) atoms. The lowest BCUT2D eigenvalue weighted by Gasteiger charge is -2.44. The number of hydrogen-bond acceptors (Lipinski definition) is 7. The van der Waals surface area contributed by atoms with Crippen LogP contribution in [0.15, 0.2) is 41.3 Å². The molecular formula is C29H36N6O3. The van der Waals surface area contributed by atoms with Gasteiger partial charge in [-0.2, -0.15) is 0 Å². The molecule has 1 aliphatic rings. The number of benzene rings is 1. The molecule has 2 atom stereocenters. The highest BCUT2D eigenvalue weighted by Crippen LogP contribution is 2.33. The number of aromatic nitrogens is 4. The van der Waals surface area contributed by atoms with Gasteiger partial charge in [0.15, 0.2) is 11.7 Å². The molecule has 1 saturated heterocycles. The van der Waals surface area contributed by atoms with Crippen molar-refractivity contribution in [3.8, 4) is 11.3 Å². The molecule has 9 heteroatoms. The summed E-state index contributed by atoms with van der Waals surface area (Å²) in [5, 5.41) is 11.4. The molecule has 1 aromatic carbocycles. The molecule has 1 aliphatic heterocycles. The molecule has 0 saturated carbocycles. The van der Waals surface area contributed by atoms with E-state index >= 15 is 0 Å². The second-order valence-corrected chi connectivity index (χ2v) is 11.1. The predicted molar refractivity (Wildman–Crippen MR) is 146 cm³/mol. The fourth-order valence-corrected chi connectivity index (χ4v) is 5.32. The molecule has 4 aromatic rings. The normalized spacial score (nSPS) is 18.9. The minimum absolute atomic E-state index is 0.0374. The van der Waals surface area contributed by atoms with Gasteiger partial charge < -0.3 is 19.0 Å². The third-order valence-electron chi connectivity index (χ3n) is 7.45. The number of amides is 1. The second-order valence-electron chi connectivity index (χ2n) is 11.1. The Labute approximate surface area is 223 Å². The smallest absolute Gasteiger partial charge is 0.254 e. The van der Waals surface area contributed by atoms with Gasteiger partial charge in [-0.25, -0.2) is 15.0 Å². The van der Waals surface area contributed by atoms with Gasteiger partial charge in [-0.1, -0.05) is 0 Å². The van der Waals surface area contributed by atoms with Crippen LogP contribution in [0.5, 0.6) is 0 Å². The summed E-state index contributed by atoms with van der Waals surface area (Å²) in [6.45, 7) is 13.5. The van der Waals surface area contributed by atoms with Crippen molar-refractivity contribution in [1.29, 1.82) is 0 Å². The topological polar surface area (TPSA) is 101 Å². The Morgan fingerprint density at radius 3 is 2.61 bits per heavy atom. The maximum atomic E-state index is 13.9. The average molecular weight is 517 g/mol. The zero-order valence-corrected chi connectivity index (χ0v) is 23.2. The number of rotatable bonds is 5. The molecule has 9 nitrogen and oxygen atoms in total. The minimum Gasteiger partial charge on any atom is -0.449 e. The van der Waals surface area contributed by atoms with Gasteiger partial charge in [-0.3, -0.25) is 9.69 Å². The quantitative estimate of drug-likeness (QED) is 0.424. The lowest BCUT2D eigenvalue weighted by molar-refractivity contribution is 0.0286. The Kier molecular flexibility index (Phi) is 6.61. The van der Waals surface area contributed by atoms with Crippen LogP contribution in [0.3, 0.4) is 0 Å². The maximum Gasteiger partial charge on any atom is 0.254 e. The molecule has 3 aromatic heterocycles. The summed E-state index contributed by atoms with van der Waals surface area (Å²) >= 11 is 0. The first-order valence-corrected chi connectivity index (χ1v) is 13.0. The molecule has 4 heterocycles. The Morgan fingerprint density at radius 2 is 1.92 bits per heavy atom. The summed E-state index contributed by atoms with van der Waals surface area (Å²) in [5.41, 5.74) is 4.03. The molecule has 0 unspecified atom stereocenters. The zero-order chi connectivity index (χ0) is 27.4. The first kappa shape index (κ1) is 26.1. The lowest BCUT2D eigenvalue weighted by atomic mass is 9.99. The van der Waals surface area contributed by atoms with E-state index in [4.69, 9.17) is 4.42 Å². The van der Waals surface area contributed by atoms with Gasteiger partial charge in [0.1, 0.15) is 11.9 Å². The monoisotopic (exact) mass is 516 g/mol. The van der Waals surface area contributed by atoms with Crippen molar-refractivity contribution >= 4 is 16.8 Å². The van der Waals surface area contributed by atoms with E-state index in [0.29, 0.717) is 36.1 Å². The van der Waals surface area contributed by atoms with Crippen LogP contribution in [0.4, 0.5) is 0 Å². The summed E-state index contributed by atoms with van der Waals surface area (Å²) < 4.78 is 7.42. The second kappa shape index (κ2) is 9.63. The predicted octanol–water partition coefficient (Wildman–Crippen LogP) is 4.20. The molecule has 1 fully saturated rings. The third-order valence-corrected chi connectivity index (χ3v) is 7.45. The lowest BCUT2D eigenvalue weighted by Crippen LogP contribution is -2.57.